The summed E-state index contributed by atoms with van der Waals surface area (Å²) in [6.07, 6.45) is -3.78. The summed E-state index contributed by atoms with van der Waals surface area (Å²) in [4.78, 5) is 0. The predicted octanol–water partition coefficient (Wildman–Crippen LogP) is 3.28. The van der Waals surface area contributed by atoms with Crippen molar-refractivity contribution in [1.82, 2.24) is 5.32 Å². The maximum Gasteiger partial charge on any atom is 0.387 e. The van der Waals surface area contributed by atoms with Crippen molar-refractivity contribution in [2.24, 2.45) is 0 Å². The Bertz CT molecular complexity index is 399. The zero-order chi connectivity index (χ0) is 14.5. The van der Waals surface area contributed by atoms with E-state index in [2.05, 4.69) is 10.1 Å². The molecule has 1 aromatic rings. The lowest BCUT2D eigenvalue weighted by Crippen LogP contribution is -2.38. The van der Waals surface area contributed by atoms with E-state index in [1.54, 1.807) is 0 Å². The van der Waals surface area contributed by atoms with Gasteiger partial charge in [0.1, 0.15) is 5.75 Å². The molecule has 1 rings (SSSR count). The lowest BCUT2D eigenvalue weighted by Gasteiger charge is -2.16. The van der Waals surface area contributed by atoms with Gasteiger partial charge in [0.2, 0.25) is 0 Å². The first-order chi connectivity index (χ1) is 8.83. The van der Waals surface area contributed by atoms with Crippen LogP contribution in [0.1, 0.15) is 5.56 Å². The van der Waals surface area contributed by atoms with Crippen molar-refractivity contribution in [2.75, 3.05) is 6.54 Å². The van der Waals surface area contributed by atoms with Gasteiger partial charge in [-0.05, 0) is 6.07 Å². The van der Waals surface area contributed by atoms with Gasteiger partial charge in [0.15, 0.2) is 0 Å². The first-order valence-electron chi connectivity index (χ1n) is 5.22. The molecule has 1 aromatic carbocycles. The molecule has 0 radical (unpaired) electrons. The smallest absolute Gasteiger partial charge is 0.387 e. The van der Waals surface area contributed by atoms with E-state index in [0.29, 0.717) is 0 Å². The Kier molecular flexibility index (Phi) is 5.46. The lowest BCUT2D eigenvalue weighted by atomic mass is 10.2. The summed E-state index contributed by atoms with van der Waals surface area (Å²) in [6.45, 7) is -4.59. The molecule has 0 unspecified atom stereocenters. The Morgan fingerprint density at radius 3 is 2.32 bits per heavy atom. The highest BCUT2D eigenvalue weighted by Crippen LogP contribution is 2.23. The molecule has 108 valence electrons. The van der Waals surface area contributed by atoms with E-state index in [1.807, 2.05) is 0 Å². The number of nitrogens with one attached hydrogen (secondary N) is 1. The highest BCUT2D eigenvalue weighted by molar-refractivity contribution is 5.33. The third-order valence-corrected chi connectivity index (χ3v) is 2.18. The van der Waals surface area contributed by atoms with Crippen LogP contribution >= 0.6 is 0 Å². The fourth-order valence-electron chi connectivity index (χ4n) is 1.30. The summed E-state index contributed by atoms with van der Waals surface area (Å²) in [6, 6.07) is 5.51. The third-order valence-electron chi connectivity index (χ3n) is 2.18. The summed E-state index contributed by atoms with van der Waals surface area (Å²) in [5.74, 6) is -4.36. The van der Waals surface area contributed by atoms with Gasteiger partial charge in [-0.15, -0.1) is 0 Å². The number of alkyl halides is 6. The molecular formula is C11H11F6NO. The maximum absolute atomic E-state index is 12.6. The molecule has 8 heteroatoms. The van der Waals surface area contributed by atoms with Crippen LogP contribution in [0.25, 0.3) is 0 Å². The molecule has 0 spiro atoms. The van der Waals surface area contributed by atoms with E-state index in [1.165, 1.54) is 24.3 Å². The van der Waals surface area contributed by atoms with Gasteiger partial charge in [-0.1, -0.05) is 18.2 Å². The second-order valence-corrected chi connectivity index (χ2v) is 3.65. The largest absolute Gasteiger partial charge is 0.434 e. The number of benzene rings is 1. The topological polar surface area (TPSA) is 21.3 Å². The number of para-hydroxylation sites is 1. The van der Waals surface area contributed by atoms with Gasteiger partial charge in [0, 0.05) is 12.1 Å². The molecule has 0 heterocycles. The molecule has 0 fully saturated rings. The molecule has 2 nitrogen and oxygen atoms in total. The Labute approximate surface area is 105 Å². The van der Waals surface area contributed by atoms with Crippen LogP contribution < -0.4 is 10.1 Å². The number of hydrogen-bond acceptors (Lipinski definition) is 2. The molecule has 0 amide bonds. The van der Waals surface area contributed by atoms with Crippen LogP contribution in [0.15, 0.2) is 24.3 Å². The minimum Gasteiger partial charge on any atom is -0.434 e. The average Bonchev–Trinajstić information content (AvgIpc) is 2.30. The van der Waals surface area contributed by atoms with E-state index in [-0.39, 0.29) is 17.9 Å². The second kappa shape index (κ2) is 6.65. The molecule has 0 aromatic heterocycles. The Morgan fingerprint density at radius 1 is 1.11 bits per heavy atom. The molecule has 0 saturated heterocycles. The van der Waals surface area contributed by atoms with Crippen molar-refractivity contribution < 1.29 is 31.1 Å². The van der Waals surface area contributed by atoms with Crippen molar-refractivity contribution in [3.8, 4) is 5.75 Å². The van der Waals surface area contributed by atoms with Crippen LogP contribution in [0.2, 0.25) is 0 Å². The molecule has 0 atom stereocenters. The number of ether oxygens (including phenoxy) is 1. The lowest BCUT2D eigenvalue weighted by molar-refractivity contribution is -0.125. The summed E-state index contributed by atoms with van der Waals surface area (Å²) < 4.78 is 77.2. The normalized spacial score (nSPS) is 12.2. The molecule has 19 heavy (non-hydrogen) atoms. The van der Waals surface area contributed by atoms with Crippen molar-refractivity contribution >= 4 is 0 Å². The fourth-order valence-corrected chi connectivity index (χ4v) is 1.30. The van der Waals surface area contributed by atoms with Crippen LogP contribution in [0.4, 0.5) is 26.3 Å². The minimum atomic E-state index is -4.17. The molecule has 0 bridgehead atoms. The highest BCUT2D eigenvalue weighted by atomic mass is 19.3. The number of halogens is 6. The van der Waals surface area contributed by atoms with Gasteiger partial charge in [-0.25, -0.2) is 8.78 Å². The highest BCUT2D eigenvalue weighted by Gasteiger charge is 2.40. The molecule has 0 aliphatic carbocycles. The van der Waals surface area contributed by atoms with Crippen molar-refractivity contribution in [3.05, 3.63) is 29.8 Å². The Hall–Kier alpha value is -1.44. The van der Waals surface area contributed by atoms with E-state index in [9.17, 15) is 26.3 Å². The van der Waals surface area contributed by atoms with E-state index < -0.39 is 25.5 Å². The quantitative estimate of drug-likeness (QED) is 0.777. The van der Waals surface area contributed by atoms with Crippen molar-refractivity contribution in [1.29, 1.82) is 0 Å². The fraction of sp³-hybridized carbons (Fsp3) is 0.455. The molecule has 1 N–H and O–H groups in total. The van der Waals surface area contributed by atoms with Crippen LogP contribution in [-0.4, -0.2) is 25.5 Å². The Balaban J connectivity index is 2.58. The average molecular weight is 287 g/mol. The van der Waals surface area contributed by atoms with Gasteiger partial charge in [0.05, 0.1) is 6.54 Å². The maximum atomic E-state index is 12.6. The van der Waals surface area contributed by atoms with Crippen molar-refractivity contribution in [3.63, 3.8) is 0 Å². The van der Waals surface area contributed by atoms with Crippen LogP contribution in [0.3, 0.4) is 0 Å². The first kappa shape index (κ1) is 15.6. The van der Waals surface area contributed by atoms with Crippen LogP contribution in [0.5, 0.6) is 5.75 Å². The second-order valence-electron chi connectivity index (χ2n) is 3.65. The summed E-state index contributed by atoms with van der Waals surface area (Å²) >= 11 is 0. The van der Waals surface area contributed by atoms with Gasteiger partial charge in [-0.2, -0.15) is 17.6 Å². The predicted molar refractivity (Wildman–Crippen MR) is 55.7 cm³/mol. The summed E-state index contributed by atoms with van der Waals surface area (Å²) in [5.41, 5.74) is 0.174. The van der Waals surface area contributed by atoms with Crippen LogP contribution in [-0.2, 0) is 6.54 Å². The zero-order valence-electron chi connectivity index (χ0n) is 9.55. The van der Waals surface area contributed by atoms with Gasteiger partial charge in [0.25, 0.3) is 0 Å². The first-order valence-corrected chi connectivity index (χ1v) is 5.22. The number of rotatable bonds is 7. The molecule has 0 aliphatic heterocycles. The molecule has 0 saturated carbocycles. The Morgan fingerprint density at radius 2 is 1.74 bits per heavy atom. The molecule has 0 aliphatic rings. The van der Waals surface area contributed by atoms with Gasteiger partial charge < -0.3 is 10.1 Å². The number of hydrogen-bond donors (Lipinski definition) is 1. The zero-order valence-corrected chi connectivity index (χ0v) is 9.55. The minimum absolute atomic E-state index is 0.174. The van der Waals surface area contributed by atoms with Gasteiger partial charge in [-0.3, -0.25) is 0 Å². The monoisotopic (exact) mass is 287 g/mol. The van der Waals surface area contributed by atoms with E-state index in [0.717, 1.165) is 0 Å². The van der Waals surface area contributed by atoms with E-state index >= 15 is 0 Å². The SMILES string of the molecule is FC(F)Oc1ccccc1CNCC(F)(F)C(F)F. The summed E-state index contributed by atoms with van der Waals surface area (Å²) in [5, 5.41) is 2.08. The molecular weight excluding hydrogens is 276 g/mol. The standard InChI is InChI=1S/C11H11F6NO/c12-9(13)11(16,17)6-18-5-7-3-1-2-4-8(7)19-10(14)15/h1-4,9-10,18H,5-6H2. The third kappa shape index (κ3) is 4.98. The van der Waals surface area contributed by atoms with Crippen LogP contribution in [0, 0.1) is 0 Å². The van der Waals surface area contributed by atoms with Crippen molar-refractivity contribution in [2.45, 2.75) is 25.5 Å². The van der Waals surface area contributed by atoms with E-state index in [4.69, 9.17) is 0 Å². The summed E-state index contributed by atoms with van der Waals surface area (Å²) in [7, 11) is 0. The van der Waals surface area contributed by atoms with Gasteiger partial charge >= 0.3 is 19.0 Å².